The molecule has 2 saturated heterocycles. The summed E-state index contributed by atoms with van der Waals surface area (Å²) >= 11 is 0. The van der Waals surface area contributed by atoms with Crippen LogP contribution in [0.15, 0.2) is 0 Å². The molecule has 1 nitrogen and oxygen atoms in total. The molecule has 74 valence electrons. The Morgan fingerprint density at radius 1 is 1.31 bits per heavy atom. The van der Waals surface area contributed by atoms with Crippen LogP contribution in [0, 0.1) is 11.3 Å². The fourth-order valence-corrected chi connectivity index (χ4v) is 4.37. The van der Waals surface area contributed by atoms with Gasteiger partial charge in [-0.3, -0.25) is 4.90 Å². The average molecular weight is 179 g/mol. The summed E-state index contributed by atoms with van der Waals surface area (Å²) in [6.45, 7) is 7.63. The third kappa shape index (κ3) is 0.823. The van der Waals surface area contributed by atoms with E-state index >= 15 is 0 Å². The lowest BCUT2D eigenvalue weighted by molar-refractivity contribution is 0.131. The van der Waals surface area contributed by atoms with Gasteiger partial charge in [0.05, 0.1) is 0 Å². The second-order valence-corrected chi connectivity index (χ2v) is 5.67. The molecular formula is C12H21N. The van der Waals surface area contributed by atoms with E-state index in [1.54, 1.807) is 0 Å². The maximum atomic E-state index is 2.82. The van der Waals surface area contributed by atoms with Crippen LogP contribution in [0.5, 0.6) is 0 Å². The van der Waals surface area contributed by atoms with Crippen molar-refractivity contribution < 1.29 is 0 Å². The Bertz CT molecular complexity index is 231. The summed E-state index contributed by atoms with van der Waals surface area (Å²) in [6, 6.07) is 0. The molecule has 0 radical (unpaired) electrons. The lowest BCUT2D eigenvalue weighted by Gasteiger charge is -2.37. The van der Waals surface area contributed by atoms with Crippen LogP contribution in [-0.2, 0) is 0 Å². The Morgan fingerprint density at radius 3 is 2.69 bits per heavy atom. The molecule has 0 amide bonds. The fraction of sp³-hybridized carbons (Fsp3) is 1.00. The minimum Gasteiger partial charge on any atom is -0.297 e. The summed E-state index contributed by atoms with van der Waals surface area (Å²) in [5, 5.41) is 0. The molecule has 0 bridgehead atoms. The van der Waals surface area contributed by atoms with Crippen LogP contribution in [0.2, 0.25) is 0 Å². The van der Waals surface area contributed by atoms with Gasteiger partial charge in [-0.1, -0.05) is 13.8 Å². The lowest BCUT2D eigenvalue weighted by Crippen LogP contribution is -2.43. The van der Waals surface area contributed by atoms with Gasteiger partial charge in [-0.05, 0) is 50.0 Å². The summed E-state index contributed by atoms with van der Waals surface area (Å²) in [5.41, 5.74) is 1.46. The molecule has 3 fully saturated rings. The van der Waals surface area contributed by atoms with Crippen LogP contribution in [0.4, 0.5) is 0 Å². The number of fused-ring (bicyclic) bond motifs is 2. The maximum absolute atomic E-state index is 2.82. The maximum Gasteiger partial charge on any atom is 0.0266 e. The molecule has 1 saturated carbocycles. The number of rotatable bonds is 1. The van der Waals surface area contributed by atoms with Crippen molar-refractivity contribution in [1.29, 1.82) is 0 Å². The quantitative estimate of drug-likeness (QED) is 0.598. The largest absolute Gasteiger partial charge is 0.297 e. The smallest absolute Gasteiger partial charge is 0.0266 e. The Hall–Kier alpha value is -0.0400. The second kappa shape index (κ2) is 2.31. The highest BCUT2D eigenvalue weighted by atomic mass is 15.3. The van der Waals surface area contributed by atoms with Crippen molar-refractivity contribution in [1.82, 2.24) is 4.90 Å². The molecule has 2 aliphatic heterocycles. The zero-order chi connectivity index (χ0) is 9.10. The molecular weight excluding hydrogens is 158 g/mol. The van der Waals surface area contributed by atoms with E-state index in [9.17, 15) is 0 Å². The lowest BCUT2D eigenvalue weighted by atomic mass is 9.76. The predicted molar refractivity (Wildman–Crippen MR) is 54.7 cm³/mol. The van der Waals surface area contributed by atoms with Gasteiger partial charge in [-0.2, -0.15) is 0 Å². The van der Waals surface area contributed by atoms with Crippen molar-refractivity contribution in [2.75, 3.05) is 13.1 Å². The summed E-state index contributed by atoms with van der Waals surface area (Å²) in [7, 11) is 0. The molecule has 13 heavy (non-hydrogen) atoms. The van der Waals surface area contributed by atoms with Gasteiger partial charge in [0.2, 0.25) is 0 Å². The first kappa shape index (κ1) is 8.28. The number of nitrogens with zero attached hydrogens (tertiary/aromatic N) is 1. The first-order chi connectivity index (χ1) is 6.22. The molecule has 1 heteroatoms. The third-order valence-corrected chi connectivity index (χ3v) is 5.11. The summed E-state index contributed by atoms with van der Waals surface area (Å²) in [5.74, 6) is 0.956. The van der Waals surface area contributed by atoms with E-state index in [2.05, 4.69) is 18.7 Å². The van der Waals surface area contributed by atoms with Gasteiger partial charge >= 0.3 is 0 Å². The second-order valence-electron chi connectivity index (χ2n) is 5.67. The molecule has 1 spiro atoms. The number of hydrogen-bond acceptors (Lipinski definition) is 1. The van der Waals surface area contributed by atoms with Crippen molar-refractivity contribution in [3.8, 4) is 0 Å². The minimum atomic E-state index is 0.659. The van der Waals surface area contributed by atoms with E-state index in [0.29, 0.717) is 5.54 Å². The van der Waals surface area contributed by atoms with E-state index in [1.165, 1.54) is 45.2 Å². The van der Waals surface area contributed by atoms with Gasteiger partial charge in [0.25, 0.3) is 0 Å². The standard InChI is InChI=1S/C12H21N/c1-3-12-8-10(2)9-13(12)7-6-11(12)4-5-11/h10H,3-9H2,1-2H3/t10-,12-/m1/s1. The monoisotopic (exact) mass is 179 g/mol. The van der Waals surface area contributed by atoms with Crippen LogP contribution in [0.1, 0.15) is 46.0 Å². The SMILES string of the molecule is CC[C@]12C[C@@H](C)CN1CCC21CC1. The van der Waals surface area contributed by atoms with Gasteiger partial charge in [0.1, 0.15) is 0 Å². The van der Waals surface area contributed by atoms with Crippen molar-refractivity contribution in [2.45, 2.75) is 51.5 Å². The van der Waals surface area contributed by atoms with Crippen molar-refractivity contribution in [3.63, 3.8) is 0 Å². The zero-order valence-corrected chi connectivity index (χ0v) is 8.97. The molecule has 2 atom stereocenters. The molecule has 0 aromatic rings. The summed E-state index contributed by atoms with van der Waals surface area (Å²) in [6.07, 6.45) is 7.46. The normalized spacial score (nSPS) is 47.1. The molecule has 3 aliphatic rings. The van der Waals surface area contributed by atoms with Gasteiger partial charge in [-0.15, -0.1) is 0 Å². The molecule has 0 unspecified atom stereocenters. The molecule has 3 rings (SSSR count). The van der Waals surface area contributed by atoms with Gasteiger partial charge in [0.15, 0.2) is 0 Å². The molecule has 2 heterocycles. The Kier molecular flexibility index (Phi) is 1.47. The van der Waals surface area contributed by atoms with E-state index < -0.39 is 0 Å². The van der Waals surface area contributed by atoms with Crippen LogP contribution >= 0.6 is 0 Å². The molecule has 0 N–H and O–H groups in total. The predicted octanol–water partition coefficient (Wildman–Crippen LogP) is 2.66. The van der Waals surface area contributed by atoms with E-state index in [1.807, 2.05) is 0 Å². The minimum absolute atomic E-state index is 0.659. The van der Waals surface area contributed by atoms with E-state index in [4.69, 9.17) is 0 Å². The molecule has 0 aromatic carbocycles. The highest BCUT2D eigenvalue weighted by Gasteiger charge is 2.66. The van der Waals surface area contributed by atoms with Crippen molar-refractivity contribution in [2.24, 2.45) is 11.3 Å². The van der Waals surface area contributed by atoms with Gasteiger partial charge in [-0.25, -0.2) is 0 Å². The topological polar surface area (TPSA) is 3.24 Å². The average Bonchev–Trinajstić information content (AvgIpc) is 2.75. The van der Waals surface area contributed by atoms with Crippen LogP contribution in [0.25, 0.3) is 0 Å². The highest BCUT2D eigenvalue weighted by Crippen LogP contribution is 2.67. The molecule has 0 aromatic heterocycles. The zero-order valence-electron chi connectivity index (χ0n) is 8.97. The Labute approximate surface area is 81.5 Å². The van der Waals surface area contributed by atoms with Crippen LogP contribution in [0.3, 0.4) is 0 Å². The Morgan fingerprint density at radius 2 is 2.08 bits per heavy atom. The van der Waals surface area contributed by atoms with Crippen molar-refractivity contribution in [3.05, 3.63) is 0 Å². The highest BCUT2D eigenvalue weighted by molar-refractivity contribution is 5.20. The number of hydrogen-bond donors (Lipinski definition) is 0. The van der Waals surface area contributed by atoms with E-state index in [-0.39, 0.29) is 0 Å². The van der Waals surface area contributed by atoms with Gasteiger partial charge in [0, 0.05) is 12.1 Å². The van der Waals surface area contributed by atoms with Crippen LogP contribution < -0.4 is 0 Å². The third-order valence-electron chi connectivity index (χ3n) is 5.11. The summed E-state index contributed by atoms with van der Waals surface area (Å²) in [4.78, 5) is 2.82. The molecule has 1 aliphatic carbocycles. The Balaban J connectivity index is 1.97. The first-order valence-electron chi connectivity index (χ1n) is 5.97. The fourth-order valence-electron chi connectivity index (χ4n) is 4.37. The summed E-state index contributed by atoms with van der Waals surface area (Å²) < 4.78 is 0. The van der Waals surface area contributed by atoms with Gasteiger partial charge < -0.3 is 0 Å². The first-order valence-corrected chi connectivity index (χ1v) is 5.97. The van der Waals surface area contributed by atoms with E-state index in [0.717, 1.165) is 11.3 Å². The van der Waals surface area contributed by atoms with Crippen LogP contribution in [-0.4, -0.2) is 23.5 Å². The van der Waals surface area contributed by atoms with Crippen molar-refractivity contribution >= 4 is 0 Å².